The predicted molar refractivity (Wildman–Crippen MR) is 103 cm³/mol. The highest BCUT2D eigenvalue weighted by Crippen LogP contribution is 2.11. The Labute approximate surface area is 171 Å². The van der Waals surface area contributed by atoms with Gasteiger partial charge in [0.2, 0.25) is 0 Å². The van der Waals surface area contributed by atoms with Gasteiger partial charge in [0.25, 0.3) is 17.7 Å². The highest BCUT2D eigenvalue weighted by atomic mass is 19.1. The molecule has 3 N–H and O–H groups in total. The number of carbonyl (C=O) groups excluding carboxylic acids is 4. The Balaban J connectivity index is 1.68. The molecule has 0 unspecified atom stereocenters. The number of nitrogens with one attached hydrogen (secondary N) is 3. The van der Waals surface area contributed by atoms with Crippen molar-refractivity contribution in [2.75, 3.05) is 19.8 Å². The summed E-state index contributed by atoms with van der Waals surface area (Å²) in [6, 6.07) is 11.5. The highest BCUT2D eigenvalue weighted by molar-refractivity contribution is 5.97. The van der Waals surface area contributed by atoms with Crippen molar-refractivity contribution in [3.63, 3.8) is 0 Å². The summed E-state index contributed by atoms with van der Waals surface area (Å²) in [6.07, 6.45) is 0. The number of ether oxygens (including phenoxy) is 2. The van der Waals surface area contributed by atoms with Crippen LogP contribution in [0.25, 0.3) is 0 Å². The zero-order valence-corrected chi connectivity index (χ0v) is 16.1. The first kappa shape index (κ1) is 22.3. The van der Waals surface area contributed by atoms with Crippen molar-refractivity contribution >= 4 is 23.7 Å². The molecule has 2 aromatic carbocycles. The lowest BCUT2D eigenvalue weighted by Crippen LogP contribution is -2.44. The summed E-state index contributed by atoms with van der Waals surface area (Å²) in [7, 11) is 0. The maximum absolute atomic E-state index is 13.5. The van der Waals surface area contributed by atoms with E-state index in [0.29, 0.717) is 17.9 Å². The van der Waals surface area contributed by atoms with Gasteiger partial charge in [-0.1, -0.05) is 12.1 Å². The van der Waals surface area contributed by atoms with Gasteiger partial charge in [0, 0.05) is 5.56 Å². The summed E-state index contributed by atoms with van der Waals surface area (Å²) in [5.74, 6) is -3.21. The Morgan fingerprint density at radius 2 is 1.63 bits per heavy atom. The molecule has 0 fully saturated rings. The van der Waals surface area contributed by atoms with Gasteiger partial charge < -0.3 is 14.8 Å². The van der Waals surface area contributed by atoms with Crippen LogP contribution in [0.2, 0.25) is 0 Å². The second-order valence-electron chi connectivity index (χ2n) is 5.78. The molecule has 0 saturated heterocycles. The van der Waals surface area contributed by atoms with Crippen LogP contribution in [-0.2, 0) is 14.3 Å². The predicted octanol–water partition coefficient (Wildman–Crippen LogP) is 0.959. The van der Waals surface area contributed by atoms with Crippen LogP contribution in [0.3, 0.4) is 0 Å². The fourth-order valence-corrected chi connectivity index (χ4v) is 2.20. The van der Waals surface area contributed by atoms with E-state index in [9.17, 15) is 23.6 Å². The minimum absolute atomic E-state index is 0.258. The molecule has 0 aliphatic heterocycles. The van der Waals surface area contributed by atoms with Crippen molar-refractivity contribution < 1.29 is 33.0 Å². The molecule has 158 valence electrons. The molecule has 0 radical (unpaired) electrons. The number of amides is 3. The van der Waals surface area contributed by atoms with Gasteiger partial charge in [-0.05, 0) is 43.3 Å². The molecule has 2 rings (SSSR count). The molecule has 0 spiro atoms. The summed E-state index contributed by atoms with van der Waals surface area (Å²) in [5, 5.41) is 2.35. The molecule has 0 atom stereocenters. The quantitative estimate of drug-likeness (QED) is 0.434. The molecule has 10 heteroatoms. The molecule has 0 saturated carbocycles. The van der Waals surface area contributed by atoms with Gasteiger partial charge in [-0.15, -0.1) is 0 Å². The molecule has 30 heavy (non-hydrogen) atoms. The lowest BCUT2D eigenvalue weighted by atomic mass is 10.2. The van der Waals surface area contributed by atoms with Crippen LogP contribution < -0.4 is 20.9 Å². The molecule has 9 nitrogen and oxygen atoms in total. The third-order valence-electron chi connectivity index (χ3n) is 3.62. The summed E-state index contributed by atoms with van der Waals surface area (Å²) in [6.45, 7) is 1.18. The van der Waals surface area contributed by atoms with E-state index in [1.165, 1.54) is 30.3 Å². The third-order valence-corrected chi connectivity index (χ3v) is 3.62. The second kappa shape index (κ2) is 11.1. The number of benzene rings is 2. The summed E-state index contributed by atoms with van der Waals surface area (Å²) in [4.78, 5) is 47.0. The van der Waals surface area contributed by atoms with Crippen molar-refractivity contribution in [2.45, 2.75) is 6.92 Å². The van der Waals surface area contributed by atoms with Gasteiger partial charge in [0.15, 0.2) is 6.61 Å². The molecule has 0 bridgehead atoms. The van der Waals surface area contributed by atoms with Crippen LogP contribution in [0.4, 0.5) is 4.39 Å². The number of hydrazine groups is 1. The van der Waals surface area contributed by atoms with Gasteiger partial charge in [0.05, 0.1) is 12.2 Å². The van der Waals surface area contributed by atoms with Crippen LogP contribution in [0.1, 0.15) is 27.6 Å². The van der Waals surface area contributed by atoms with Crippen LogP contribution in [-0.4, -0.2) is 43.4 Å². The summed E-state index contributed by atoms with van der Waals surface area (Å²) < 4.78 is 23.4. The van der Waals surface area contributed by atoms with Crippen molar-refractivity contribution in [3.05, 3.63) is 65.5 Å². The molecule has 0 aromatic heterocycles. The minimum Gasteiger partial charge on any atom is -0.494 e. The summed E-state index contributed by atoms with van der Waals surface area (Å²) >= 11 is 0. The van der Waals surface area contributed by atoms with Crippen molar-refractivity contribution in [1.29, 1.82) is 0 Å². The molecule has 0 heterocycles. The number of hydrogen-bond acceptors (Lipinski definition) is 6. The van der Waals surface area contributed by atoms with Crippen LogP contribution in [0, 0.1) is 5.82 Å². The van der Waals surface area contributed by atoms with Crippen molar-refractivity contribution in [3.8, 4) is 5.75 Å². The maximum Gasteiger partial charge on any atom is 0.325 e. The Hall–Kier alpha value is -3.95. The number of hydrogen-bond donors (Lipinski definition) is 3. The van der Waals surface area contributed by atoms with Crippen molar-refractivity contribution in [2.24, 2.45) is 0 Å². The van der Waals surface area contributed by atoms with E-state index in [1.807, 2.05) is 17.8 Å². The number of rotatable bonds is 8. The first-order valence-electron chi connectivity index (χ1n) is 8.91. The Morgan fingerprint density at radius 3 is 2.30 bits per heavy atom. The average Bonchev–Trinajstić information content (AvgIpc) is 2.75. The van der Waals surface area contributed by atoms with Gasteiger partial charge in [-0.3, -0.25) is 30.0 Å². The van der Waals surface area contributed by atoms with Gasteiger partial charge in [-0.25, -0.2) is 4.39 Å². The topological polar surface area (TPSA) is 123 Å². The number of halogens is 1. The van der Waals surface area contributed by atoms with E-state index in [2.05, 4.69) is 5.32 Å². The summed E-state index contributed by atoms with van der Waals surface area (Å²) in [5.41, 5.74) is 4.05. The molecular formula is C20H20FN3O6. The first-order chi connectivity index (χ1) is 14.4. The number of esters is 1. The lowest BCUT2D eigenvalue weighted by molar-refractivity contribution is -0.147. The van der Waals surface area contributed by atoms with Gasteiger partial charge >= 0.3 is 5.97 Å². The molecule has 2 aromatic rings. The van der Waals surface area contributed by atoms with E-state index in [4.69, 9.17) is 9.47 Å². The second-order valence-corrected chi connectivity index (χ2v) is 5.78. The normalized spacial score (nSPS) is 9.93. The van der Waals surface area contributed by atoms with Crippen LogP contribution in [0.15, 0.2) is 48.5 Å². The fraction of sp³-hybridized carbons (Fsp3) is 0.200. The first-order valence-corrected chi connectivity index (χ1v) is 8.91. The largest absolute Gasteiger partial charge is 0.494 e. The average molecular weight is 417 g/mol. The third kappa shape index (κ3) is 6.89. The van der Waals surface area contributed by atoms with E-state index in [-0.39, 0.29) is 5.56 Å². The zero-order chi connectivity index (χ0) is 21.9. The highest BCUT2D eigenvalue weighted by Gasteiger charge is 2.13. The van der Waals surface area contributed by atoms with E-state index in [1.54, 1.807) is 12.1 Å². The smallest absolute Gasteiger partial charge is 0.325 e. The molecule has 0 aliphatic carbocycles. The monoisotopic (exact) mass is 417 g/mol. The van der Waals surface area contributed by atoms with E-state index >= 15 is 0 Å². The molecule has 0 aliphatic rings. The maximum atomic E-state index is 13.5. The molecule has 3 amide bonds. The van der Waals surface area contributed by atoms with Gasteiger partial charge in [-0.2, -0.15) is 0 Å². The SMILES string of the molecule is CCOc1ccc(C(=O)NCC(=O)OCC(=O)NNC(=O)c2ccccc2F)cc1. The Morgan fingerprint density at radius 1 is 0.933 bits per heavy atom. The zero-order valence-electron chi connectivity index (χ0n) is 16.1. The van der Waals surface area contributed by atoms with E-state index < -0.39 is 42.7 Å². The fourth-order valence-electron chi connectivity index (χ4n) is 2.20. The lowest BCUT2D eigenvalue weighted by Gasteiger charge is -2.09. The standard InChI is InChI=1S/C20H20FN3O6/c1-2-29-14-9-7-13(8-10-14)19(27)22-11-18(26)30-12-17(25)23-24-20(28)15-5-3-4-6-16(15)21/h3-10H,2,11-12H2,1H3,(H,22,27)(H,23,25)(H,24,28). The Bertz CT molecular complexity index is 917. The van der Waals surface area contributed by atoms with E-state index in [0.717, 1.165) is 6.07 Å². The van der Waals surface area contributed by atoms with Crippen LogP contribution >= 0.6 is 0 Å². The van der Waals surface area contributed by atoms with Crippen molar-refractivity contribution in [1.82, 2.24) is 16.2 Å². The van der Waals surface area contributed by atoms with Gasteiger partial charge in [0.1, 0.15) is 18.1 Å². The Kier molecular flexibility index (Phi) is 8.30. The minimum atomic E-state index is -0.865. The number of carbonyl (C=O) groups is 4. The molecular weight excluding hydrogens is 397 g/mol. The van der Waals surface area contributed by atoms with Crippen LogP contribution in [0.5, 0.6) is 5.75 Å².